The number of benzene rings is 2. The van der Waals surface area contributed by atoms with Crippen molar-refractivity contribution in [3.63, 3.8) is 0 Å². The number of likely N-dealkylation sites (tertiary alicyclic amines) is 2. The van der Waals surface area contributed by atoms with Gasteiger partial charge in [0, 0.05) is 62.2 Å². The molecule has 0 saturated carbocycles. The van der Waals surface area contributed by atoms with E-state index in [0.29, 0.717) is 51.9 Å². The van der Waals surface area contributed by atoms with Gasteiger partial charge in [-0.1, -0.05) is 12.8 Å². The summed E-state index contributed by atoms with van der Waals surface area (Å²) in [5, 5.41) is 12.4. The molecule has 0 radical (unpaired) electrons. The number of unbranched alkanes of at least 4 members (excludes halogenated alkanes) is 1. The van der Waals surface area contributed by atoms with E-state index in [2.05, 4.69) is 21.3 Å². The highest BCUT2D eigenvalue weighted by Crippen LogP contribution is 2.33. The number of halogens is 4. The van der Waals surface area contributed by atoms with Crippen LogP contribution < -0.4 is 30.7 Å². The number of alkyl carbamates (subject to hydrolysis) is 2. The van der Waals surface area contributed by atoms with Crippen LogP contribution in [0.1, 0.15) is 73.1 Å². The van der Waals surface area contributed by atoms with Gasteiger partial charge in [-0.2, -0.15) is 0 Å². The van der Waals surface area contributed by atoms with E-state index in [1.54, 1.807) is 44.4 Å². The van der Waals surface area contributed by atoms with Crippen LogP contribution in [0.3, 0.4) is 0 Å². The molecule has 6 rings (SSSR count). The fraction of sp³-hybridized carbons (Fsp3) is 0.628. The standard InChI is InChI=1S/C43H58F4N6O8/c1-24(2)60-41(56)50-35(39(54)52-16-14-33-37(52)25(20-48-33)22-58-27-10-12-29(44)31(46)18-27)8-6-7-9-36(51-42(57)61-43(3,4)5)40(55)53-17-15-34-38(53)26(21-49-34)23-59-28-11-13-30(45)32(47)19-28/h10-13,18-19,24-26,33-38,48-49H,6-9,14-17,20-23H2,1-5H3,(H,50,56)(H,51,57). The number of amides is 4. The molecule has 0 spiro atoms. The molecule has 0 bridgehead atoms. The highest BCUT2D eigenvalue weighted by atomic mass is 19.2. The first-order valence-corrected chi connectivity index (χ1v) is 21.2. The Hall–Kier alpha value is -4.84. The van der Waals surface area contributed by atoms with Gasteiger partial charge in [-0.15, -0.1) is 0 Å². The summed E-state index contributed by atoms with van der Waals surface area (Å²) < 4.78 is 77.3. The van der Waals surface area contributed by atoms with Crippen molar-refractivity contribution in [2.45, 2.75) is 121 Å². The van der Waals surface area contributed by atoms with Crippen LogP contribution in [0, 0.1) is 35.1 Å². The maximum absolute atomic E-state index is 14.4. The zero-order chi connectivity index (χ0) is 44.0. The number of carbonyl (C=O) groups excluding carboxylic acids is 4. The molecule has 14 nitrogen and oxygen atoms in total. The summed E-state index contributed by atoms with van der Waals surface area (Å²) in [5.74, 6) is -4.62. The normalized spacial score (nSPS) is 24.2. The average molecular weight is 863 g/mol. The van der Waals surface area contributed by atoms with Gasteiger partial charge in [0.05, 0.1) is 31.4 Å². The fourth-order valence-electron chi connectivity index (χ4n) is 8.91. The number of ether oxygens (including phenoxy) is 4. The molecule has 4 heterocycles. The van der Waals surface area contributed by atoms with Crippen LogP contribution in [0.4, 0.5) is 27.2 Å². The van der Waals surface area contributed by atoms with E-state index < -0.39 is 59.2 Å². The van der Waals surface area contributed by atoms with Crippen LogP contribution in [0.15, 0.2) is 36.4 Å². The van der Waals surface area contributed by atoms with Crippen molar-refractivity contribution in [2.75, 3.05) is 39.4 Å². The van der Waals surface area contributed by atoms with Crippen LogP contribution in [0.5, 0.6) is 11.5 Å². The molecular formula is C43H58F4N6O8. The Morgan fingerprint density at radius 3 is 1.56 bits per heavy atom. The van der Waals surface area contributed by atoms with Gasteiger partial charge in [-0.25, -0.2) is 27.2 Å². The molecule has 4 fully saturated rings. The van der Waals surface area contributed by atoms with E-state index in [4.69, 9.17) is 18.9 Å². The van der Waals surface area contributed by atoms with Gasteiger partial charge < -0.3 is 50.0 Å². The summed E-state index contributed by atoms with van der Waals surface area (Å²) in [6, 6.07) is 4.11. The van der Waals surface area contributed by atoms with Crippen molar-refractivity contribution in [2.24, 2.45) is 11.8 Å². The summed E-state index contributed by atoms with van der Waals surface area (Å²) in [7, 11) is 0. The maximum atomic E-state index is 14.4. The molecule has 4 amide bonds. The van der Waals surface area contributed by atoms with Crippen LogP contribution in [-0.2, 0) is 19.1 Å². The Morgan fingerprint density at radius 2 is 1.15 bits per heavy atom. The van der Waals surface area contributed by atoms with Gasteiger partial charge in [0.25, 0.3) is 0 Å². The van der Waals surface area contributed by atoms with Crippen molar-refractivity contribution in [1.82, 2.24) is 31.1 Å². The fourth-order valence-corrected chi connectivity index (χ4v) is 8.91. The van der Waals surface area contributed by atoms with Crippen molar-refractivity contribution in [3.8, 4) is 11.5 Å². The van der Waals surface area contributed by atoms with Gasteiger partial charge in [0.1, 0.15) is 29.2 Å². The monoisotopic (exact) mass is 862 g/mol. The molecule has 0 aromatic heterocycles. The zero-order valence-electron chi connectivity index (χ0n) is 35.3. The molecule has 61 heavy (non-hydrogen) atoms. The molecular weight excluding hydrogens is 804 g/mol. The predicted octanol–water partition coefficient (Wildman–Crippen LogP) is 5.04. The first-order chi connectivity index (χ1) is 29.0. The molecule has 4 aliphatic rings. The molecule has 4 N–H and O–H groups in total. The highest BCUT2D eigenvalue weighted by Gasteiger charge is 2.49. The third kappa shape index (κ3) is 11.8. The topological polar surface area (TPSA) is 160 Å². The minimum Gasteiger partial charge on any atom is -0.493 e. The van der Waals surface area contributed by atoms with Crippen LogP contribution in [0.25, 0.3) is 0 Å². The average Bonchev–Trinajstić information content (AvgIpc) is 3.98. The van der Waals surface area contributed by atoms with Gasteiger partial charge in [0.15, 0.2) is 23.3 Å². The van der Waals surface area contributed by atoms with E-state index in [1.165, 1.54) is 12.1 Å². The molecule has 0 aliphatic carbocycles. The lowest BCUT2D eigenvalue weighted by molar-refractivity contribution is -0.136. The number of nitrogens with zero attached hydrogens (tertiary/aromatic N) is 2. The van der Waals surface area contributed by atoms with E-state index >= 15 is 0 Å². The SMILES string of the molecule is CC(C)OC(=O)NC(CCCCC(NC(=O)OC(C)(C)C)C(=O)N1CCC2NCC(COc3ccc(F)c(F)c3)C21)C(=O)N1CCC2NCC(COc3ccc(F)c(F)c3)C21. The molecule has 4 saturated heterocycles. The van der Waals surface area contributed by atoms with Crippen LogP contribution in [0.2, 0.25) is 0 Å². The summed E-state index contributed by atoms with van der Waals surface area (Å²) in [6.45, 7) is 10.8. The quantitative estimate of drug-likeness (QED) is 0.133. The number of fused-ring (bicyclic) bond motifs is 2. The third-order valence-electron chi connectivity index (χ3n) is 11.6. The van der Waals surface area contributed by atoms with Gasteiger partial charge in [-0.05, 0) is 84.6 Å². The van der Waals surface area contributed by atoms with Gasteiger partial charge >= 0.3 is 12.2 Å². The van der Waals surface area contributed by atoms with Crippen molar-refractivity contribution >= 4 is 24.0 Å². The smallest absolute Gasteiger partial charge is 0.408 e. The first-order valence-electron chi connectivity index (χ1n) is 21.2. The van der Waals surface area contributed by atoms with Crippen molar-refractivity contribution < 1.29 is 55.7 Å². The number of carbonyl (C=O) groups is 4. The summed E-state index contributed by atoms with van der Waals surface area (Å²) >= 11 is 0. The number of hydrogen-bond acceptors (Lipinski definition) is 10. The Labute approximate surface area is 353 Å². The molecule has 4 aliphatic heterocycles. The summed E-state index contributed by atoms with van der Waals surface area (Å²) in [5.41, 5.74) is -0.828. The van der Waals surface area contributed by atoms with Gasteiger partial charge in [-0.3, -0.25) is 9.59 Å². The molecule has 2 aromatic carbocycles. The Kier molecular flexibility index (Phi) is 14.9. The molecule has 2 aromatic rings. The van der Waals surface area contributed by atoms with E-state index in [1.807, 2.05) is 0 Å². The molecule has 18 heteroatoms. The van der Waals surface area contributed by atoms with Crippen molar-refractivity contribution in [3.05, 3.63) is 59.7 Å². The lowest BCUT2D eigenvalue weighted by Gasteiger charge is -2.33. The Morgan fingerprint density at radius 1 is 0.705 bits per heavy atom. The number of hydrogen-bond donors (Lipinski definition) is 4. The Balaban J connectivity index is 1.11. The van der Waals surface area contributed by atoms with Crippen LogP contribution in [-0.4, -0.2) is 121 Å². The lowest BCUT2D eigenvalue weighted by Crippen LogP contribution is -2.53. The van der Waals surface area contributed by atoms with E-state index in [0.717, 1.165) is 24.3 Å². The first kappa shape index (κ1) is 45.7. The minimum absolute atomic E-state index is 0.0196. The summed E-state index contributed by atoms with van der Waals surface area (Å²) in [4.78, 5) is 58.2. The third-order valence-corrected chi connectivity index (χ3v) is 11.6. The van der Waals surface area contributed by atoms with E-state index in [9.17, 15) is 36.7 Å². The maximum Gasteiger partial charge on any atom is 0.408 e. The number of nitrogens with one attached hydrogen (secondary N) is 4. The predicted molar refractivity (Wildman–Crippen MR) is 215 cm³/mol. The second-order valence-electron chi connectivity index (χ2n) is 17.6. The minimum atomic E-state index is -1.02. The Bertz CT molecular complexity index is 1890. The number of rotatable bonds is 16. The van der Waals surface area contributed by atoms with Gasteiger partial charge in [0.2, 0.25) is 11.8 Å². The zero-order valence-corrected chi connectivity index (χ0v) is 35.3. The van der Waals surface area contributed by atoms with Crippen LogP contribution >= 0.6 is 0 Å². The van der Waals surface area contributed by atoms with Crippen molar-refractivity contribution in [1.29, 1.82) is 0 Å². The second kappa shape index (κ2) is 19.9. The molecule has 8 unspecified atom stereocenters. The van der Waals surface area contributed by atoms with E-state index in [-0.39, 0.29) is 85.4 Å². The largest absolute Gasteiger partial charge is 0.493 e. The molecule has 8 atom stereocenters. The second-order valence-corrected chi connectivity index (χ2v) is 17.6. The molecule has 336 valence electrons. The lowest BCUT2D eigenvalue weighted by atomic mass is 9.98. The highest BCUT2D eigenvalue weighted by molar-refractivity contribution is 5.87. The summed E-state index contributed by atoms with van der Waals surface area (Å²) in [6.07, 6.45) is 0.588.